The smallest absolute Gasteiger partial charge is 0.223 e. The third kappa shape index (κ3) is 5.51. The molecule has 3 unspecified atom stereocenters. The molecule has 2 fully saturated rings. The fourth-order valence-corrected chi connectivity index (χ4v) is 3.81. The summed E-state index contributed by atoms with van der Waals surface area (Å²) >= 11 is 3.46. The van der Waals surface area contributed by atoms with Gasteiger partial charge in [-0.15, -0.1) is 24.8 Å². The van der Waals surface area contributed by atoms with Crippen LogP contribution in [0.5, 0.6) is 0 Å². The minimum Gasteiger partial charge on any atom is -0.369 e. The monoisotopic (exact) mass is 437 g/mol. The van der Waals surface area contributed by atoms with Gasteiger partial charge in [0, 0.05) is 41.3 Å². The first-order chi connectivity index (χ1) is 10.6. The molecule has 1 amide bonds. The Morgan fingerprint density at radius 1 is 1.17 bits per heavy atom. The van der Waals surface area contributed by atoms with E-state index in [9.17, 15) is 4.79 Å². The zero-order valence-electron chi connectivity index (χ0n) is 13.6. The summed E-state index contributed by atoms with van der Waals surface area (Å²) in [4.78, 5) is 14.7. The van der Waals surface area contributed by atoms with Crippen LogP contribution in [0.2, 0.25) is 0 Å². The number of benzene rings is 1. The third-order valence-electron chi connectivity index (χ3n) is 4.81. The van der Waals surface area contributed by atoms with E-state index < -0.39 is 0 Å². The van der Waals surface area contributed by atoms with Gasteiger partial charge >= 0.3 is 0 Å². The molecule has 1 saturated carbocycles. The van der Waals surface area contributed by atoms with E-state index >= 15 is 0 Å². The van der Waals surface area contributed by atoms with Crippen molar-refractivity contribution in [2.24, 2.45) is 11.7 Å². The molecule has 1 aromatic rings. The number of rotatable bonds is 3. The first-order valence-corrected chi connectivity index (χ1v) is 8.97. The van der Waals surface area contributed by atoms with Gasteiger partial charge in [0.15, 0.2) is 0 Å². The van der Waals surface area contributed by atoms with Crippen molar-refractivity contribution in [2.45, 2.75) is 44.2 Å². The van der Waals surface area contributed by atoms with E-state index in [1.807, 2.05) is 0 Å². The van der Waals surface area contributed by atoms with Crippen LogP contribution in [-0.2, 0) is 4.79 Å². The lowest BCUT2D eigenvalue weighted by Gasteiger charge is -2.27. The lowest BCUT2D eigenvalue weighted by atomic mass is 9.85. The van der Waals surface area contributed by atoms with Gasteiger partial charge in [0.1, 0.15) is 0 Å². The summed E-state index contributed by atoms with van der Waals surface area (Å²) < 4.78 is 1.09. The Morgan fingerprint density at radius 3 is 2.54 bits per heavy atom. The Hall–Kier alpha value is -0.490. The maximum Gasteiger partial charge on any atom is 0.223 e. The SMILES string of the molecule is Cl.Cl.NC1CCCC(C(=O)NC2CCN(c3ccc(Br)cc3)C2)C1. The summed E-state index contributed by atoms with van der Waals surface area (Å²) in [5, 5.41) is 3.23. The number of anilines is 1. The van der Waals surface area contributed by atoms with Gasteiger partial charge in [0.05, 0.1) is 0 Å². The Kier molecular flexibility index (Phi) is 8.85. The van der Waals surface area contributed by atoms with Crippen molar-refractivity contribution >= 4 is 52.3 Å². The van der Waals surface area contributed by atoms with E-state index in [4.69, 9.17) is 5.73 Å². The van der Waals surface area contributed by atoms with Gasteiger partial charge in [0.25, 0.3) is 0 Å². The standard InChI is InChI=1S/C17H24BrN3O.2ClH/c18-13-4-6-16(7-5-13)21-9-8-15(11-21)20-17(22)12-2-1-3-14(19)10-12;;/h4-7,12,14-15H,1-3,8-11,19H2,(H,20,22);2*1H. The third-order valence-corrected chi connectivity index (χ3v) is 5.34. The van der Waals surface area contributed by atoms with Crippen LogP contribution in [-0.4, -0.2) is 31.1 Å². The minimum atomic E-state index is 0. The van der Waals surface area contributed by atoms with Crippen molar-refractivity contribution in [3.63, 3.8) is 0 Å². The van der Waals surface area contributed by atoms with Crippen molar-refractivity contribution < 1.29 is 4.79 Å². The van der Waals surface area contributed by atoms with Crippen molar-refractivity contribution in [3.8, 4) is 0 Å². The number of halogens is 3. The first kappa shape index (κ1) is 21.6. The van der Waals surface area contributed by atoms with Gasteiger partial charge in [-0.05, 0) is 49.9 Å². The lowest BCUT2D eigenvalue weighted by Crippen LogP contribution is -2.43. The lowest BCUT2D eigenvalue weighted by molar-refractivity contribution is -0.126. The molecule has 0 spiro atoms. The average molecular weight is 439 g/mol. The van der Waals surface area contributed by atoms with E-state index in [0.29, 0.717) is 0 Å². The first-order valence-electron chi connectivity index (χ1n) is 8.18. The van der Waals surface area contributed by atoms with Crippen molar-refractivity contribution in [1.82, 2.24) is 5.32 Å². The summed E-state index contributed by atoms with van der Waals surface area (Å²) in [6.07, 6.45) is 4.98. The highest BCUT2D eigenvalue weighted by Gasteiger charge is 2.29. The average Bonchev–Trinajstić information content (AvgIpc) is 2.96. The maximum atomic E-state index is 12.4. The molecule has 1 saturated heterocycles. The molecule has 1 aliphatic heterocycles. The molecular weight excluding hydrogens is 413 g/mol. The van der Waals surface area contributed by atoms with E-state index in [2.05, 4.69) is 50.4 Å². The highest BCUT2D eigenvalue weighted by Crippen LogP contribution is 2.25. The normalized spacial score (nSPS) is 26.2. The second-order valence-electron chi connectivity index (χ2n) is 6.54. The van der Waals surface area contributed by atoms with Crippen LogP contribution in [0.25, 0.3) is 0 Å². The number of nitrogens with one attached hydrogen (secondary N) is 1. The molecule has 1 aromatic carbocycles. The largest absolute Gasteiger partial charge is 0.369 e. The predicted molar refractivity (Wildman–Crippen MR) is 107 cm³/mol. The summed E-state index contributed by atoms with van der Waals surface area (Å²) in [5.41, 5.74) is 7.21. The van der Waals surface area contributed by atoms with E-state index in [1.54, 1.807) is 0 Å². The predicted octanol–water partition coefficient (Wildman–Crippen LogP) is 3.51. The second-order valence-corrected chi connectivity index (χ2v) is 7.46. The maximum absolute atomic E-state index is 12.4. The fraction of sp³-hybridized carbons (Fsp3) is 0.588. The number of carbonyl (C=O) groups is 1. The molecular formula is C17H26BrCl2N3O. The minimum absolute atomic E-state index is 0. The van der Waals surface area contributed by atoms with Crippen LogP contribution in [0.15, 0.2) is 28.7 Å². The number of hydrogen-bond acceptors (Lipinski definition) is 3. The molecule has 0 bridgehead atoms. The van der Waals surface area contributed by atoms with Crippen LogP contribution < -0.4 is 16.0 Å². The Bertz CT molecular complexity index is 529. The van der Waals surface area contributed by atoms with Gasteiger partial charge in [-0.25, -0.2) is 0 Å². The molecule has 3 atom stereocenters. The summed E-state index contributed by atoms with van der Waals surface area (Å²) in [7, 11) is 0. The zero-order valence-corrected chi connectivity index (χ0v) is 16.8. The number of carbonyl (C=O) groups excluding carboxylic acids is 1. The van der Waals surface area contributed by atoms with Gasteiger partial charge in [-0.1, -0.05) is 22.4 Å². The van der Waals surface area contributed by atoms with Crippen LogP contribution in [0.4, 0.5) is 5.69 Å². The van der Waals surface area contributed by atoms with Crippen LogP contribution in [0, 0.1) is 5.92 Å². The van der Waals surface area contributed by atoms with E-state index in [1.165, 1.54) is 5.69 Å². The van der Waals surface area contributed by atoms with Crippen molar-refractivity contribution in [2.75, 3.05) is 18.0 Å². The Labute approximate surface area is 164 Å². The van der Waals surface area contributed by atoms with Crippen molar-refractivity contribution in [3.05, 3.63) is 28.7 Å². The molecule has 0 radical (unpaired) electrons. The number of nitrogens with two attached hydrogens (primary N) is 1. The highest BCUT2D eigenvalue weighted by molar-refractivity contribution is 9.10. The molecule has 3 N–H and O–H groups in total. The Balaban J connectivity index is 0.00000144. The zero-order chi connectivity index (χ0) is 15.5. The van der Waals surface area contributed by atoms with Gasteiger partial charge < -0.3 is 16.0 Å². The quantitative estimate of drug-likeness (QED) is 0.758. The number of hydrogen-bond donors (Lipinski definition) is 2. The summed E-state index contributed by atoms with van der Waals surface area (Å²) in [6, 6.07) is 8.82. The Morgan fingerprint density at radius 2 is 1.88 bits per heavy atom. The molecule has 2 aliphatic rings. The fourth-order valence-electron chi connectivity index (χ4n) is 3.55. The van der Waals surface area contributed by atoms with Crippen LogP contribution >= 0.6 is 40.7 Å². The topological polar surface area (TPSA) is 58.4 Å². The van der Waals surface area contributed by atoms with E-state index in [-0.39, 0.29) is 48.7 Å². The molecule has 3 rings (SSSR count). The molecule has 4 nitrogen and oxygen atoms in total. The molecule has 0 aromatic heterocycles. The molecule has 24 heavy (non-hydrogen) atoms. The van der Waals surface area contributed by atoms with Crippen molar-refractivity contribution in [1.29, 1.82) is 0 Å². The highest BCUT2D eigenvalue weighted by atomic mass is 79.9. The molecule has 136 valence electrons. The summed E-state index contributed by atoms with van der Waals surface area (Å²) in [6.45, 7) is 1.89. The van der Waals surface area contributed by atoms with Gasteiger partial charge in [-0.2, -0.15) is 0 Å². The van der Waals surface area contributed by atoms with E-state index in [0.717, 1.165) is 49.7 Å². The molecule has 1 heterocycles. The molecule has 1 aliphatic carbocycles. The second kappa shape index (κ2) is 9.85. The van der Waals surface area contributed by atoms with Crippen LogP contribution in [0.1, 0.15) is 32.1 Å². The number of amides is 1. The summed E-state index contributed by atoms with van der Waals surface area (Å²) in [5.74, 6) is 0.322. The molecule has 7 heteroatoms. The van der Waals surface area contributed by atoms with Gasteiger partial charge in [0.2, 0.25) is 5.91 Å². The van der Waals surface area contributed by atoms with Crippen LogP contribution in [0.3, 0.4) is 0 Å². The number of nitrogens with zero attached hydrogens (tertiary/aromatic N) is 1. The van der Waals surface area contributed by atoms with Gasteiger partial charge in [-0.3, -0.25) is 4.79 Å².